The highest BCUT2D eigenvalue weighted by Gasteiger charge is 2.21. The Labute approximate surface area is 113 Å². The average Bonchev–Trinajstić information content (AvgIpc) is 2.43. The third-order valence-electron chi connectivity index (χ3n) is 3.55. The fourth-order valence-electron chi connectivity index (χ4n) is 2.52. The van der Waals surface area contributed by atoms with Crippen LogP contribution in [0.5, 0.6) is 5.75 Å². The summed E-state index contributed by atoms with van der Waals surface area (Å²) in [5.41, 5.74) is 2.51. The van der Waals surface area contributed by atoms with Crippen LogP contribution in [0, 0.1) is 0 Å². The molecule has 0 saturated carbocycles. The molecule has 2 rings (SSSR count). The second-order valence-corrected chi connectivity index (χ2v) is 4.94. The van der Waals surface area contributed by atoms with Crippen LogP contribution >= 0.6 is 0 Å². The number of aliphatic carboxylic acids is 1. The summed E-state index contributed by atoms with van der Waals surface area (Å²) in [4.78, 5) is 11.2. The van der Waals surface area contributed by atoms with Crippen LogP contribution in [0.3, 0.4) is 0 Å². The first-order chi connectivity index (χ1) is 9.22. The predicted octanol–water partition coefficient (Wildman–Crippen LogP) is 2.01. The quantitative estimate of drug-likeness (QED) is 0.824. The van der Waals surface area contributed by atoms with Gasteiger partial charge in [0.2, 0.25) is 0 Å². The highest BCUT2D eigenvalue weighted by atomic mass is 16.5. The number of nitrogens with one attached hydrogen (secondary N) is 1. The molecule has 1 aromatic rings. The van der Waals surface area contributed by atoms with Crippen molar-refractivity contribution in [2.45, 2.75) is 38.2 Å². The standard InChI is InChI=1S/C15H21NO3/c1-16-10-9-14(15(17)18)19-13-8-4-6-11-5-2-3-7-12(11)13/h4,6,8,14,16H,2-3,5,7,9-10H2,1H3,(H,17,18). The Hall–Kier alpha value is -1.55. The third kappa shape index (κ3) is 3.47. The van der Waals surface area contributed by atoms with E-state index < -0.39 is 12.1 Å². The van der Waals surface area contributed by atoms with Crippen molar-refractivity contribution in [2.75, 3.05) is 13.6 Å². The van der Waals surface area contributed by atoms with E-state index in [1.54, 1.807) is 0 Å². The number of aryl methyl sites for hydroxylation is 1. The number of ether oxygens (including phenoxy) is 1. The largest absolute Gasteiger partial charge is 0.479 e. The smallest absolute Gasteiger partial charge is 0.344 e. The van der Waals surface area contributed by atoms with Gasteiger partial charge in [-0.25, -0.2) is 4.79 Å². The first-order valence-electron chi connectivity index (χ1n) is 6.87. The molecule has 0 spiro atoms. The van der Waals surface area contributed by atoms with E-state index in [1.807, 2.05) is 19.2 Å². The third-order valence-corrected chi connectivity index (χ3v) is 3.55. The van der Waals surface area contributed by atoms with Gasteiger partial charge in [-0.3, -0.25) is 0 Å². The molecule has 0 aliphatic heterocycles. The van der Waals surface area contributed by atoms with E-state index in [1.165, 1.54) is 17.5 Å². The molecule has 0 fully saturated rings. The zero-order valence-corrected chi connectivity index (χ0v) is 11.3. The average molecular weight is 263 g/mol. The molecule has 4 nitrogen and oxygen atoms in total. The molecule has 1 aliphatic rings. The predicted molar refractivity (Wildman–Crippen MR) is 73.7 cm³/mol. The van der Waals surface area contributed by atoms with Gasteiger partial charge in [-0.2, -0.15) is 0 Å². The molecule has 1 aliphatic carbocycles. The van der Waals surface area contributed by atoms with Crippen molar-refractivity contribution in [3.05, 3.63) is 29.3 Å². The van der Waals surface area contributed by atoms with Gasteiger partial charge in [0.15, 0.2) is 6.10 Å². The van der Waals surface area contributed by atoms with Gasteiger partial charge in [0.25, 0.3) is 0 Å². The molecule has 2 N–H and O–H groups in total. The summed E-state index contributed by atoms with van der Waals surface area (Å²) in [6, 6.07) is 5.96. The van der Waals surface area contributed by atoms with E-state index in [2.05, 4.69) is 11.4 Å². The van der Waals surface area contributed by atoms with Crippen LogP contribution in [0.15, 0.2) is 18.2 Å². The lowest BCUT2D eigenvalue weighted by Crippen LogP contribution is -2.31. The zero-order valence-electron chi connectivity index (χ0n) is 11.3. The van der Waals surface area contributed by atoms with E-state index in [-0.39, 0.29) is 0 Å². The van der Waals surface area contributed by atoms with Gasteiger partial charge >= 0.3 is 5.97 Å². The highest BCUT2D eigenvalue weighted by molar-refractivity contribution is 5.72. The molecule has 1 unspecified atom stereocenters. The van der Waals surface area contributed by atoms with E-state index >= 15 is 0 Å². The van der Waals surface area contributed by atoms with Crippen LogP contribution in [-0.4, -0.2) is 30.8 Å². The van der Waals surface area contributed by atoms with E-state index in [0.717, 1.165) is 25.0 Å². The van der Waals surface area contributed by atoms with Crippen LogP contribution in [0.25, 0.3) is 0 Å². The molecule has 4 heteroatoms. The Kier molecular flexibility index (Phi) is 4.80. The summed E-state index contributed by atoms with van der Waals surface area (Å²) in [6.07, 6.45) is 4.11. The Morgan fingerprint density at radius 2 is 2.21 bits per heavy atom. The molecule has 104 valence electrons. The van der Waals surface area contributed by atoms with E-state index in [0.29, 0.717) is 13.0 Å². The number of hydrogen-bond acceptors (Lipinski definition) is 3. The van der Waals surface area contributed by atoms with Gasteiger partial charge in [0, 0.05) is 6.42 Å². The van der Waals surface area contributed by atoms with Gasteiger partial charge in [-0.15, -0.1) is 0 Å². The summed E-state index contributed by atoms with van der Waals surface area (Å²) in [6.45, 7) is 0.631. The summed E-state index contributed by atoms with van der Waals surface area (Å²) in [5.74, 6) is -0.149. The second-order valence-electron chi connectivity index (χ2n) is 4.94. The number of carboxylic acids is 1. The monoisotopic (exact) mass is 263 g/mol. The van der Waals surface area contributed by atoms with Crippen LogP contribution in [0.1, 0.15) is 30.4 Å². The van der Waals surface area contributed by atoms with Crippen molar-refractivity contribution in [1.29, 1.82) is 0 Å². The molecule has 0 saturated heterocycles. The van der Waals surface area contributed by atoms with Crippen molar-refractivity contribution in [1.82, 2.24) is 5.32 Å². The Morgan fingerprint density at radius 3 is 2.95 bits per heavy atom. The van der Waals surface area contributed by atoms with Crippen molar-refractivity contribution in [3.63, 3.8) is 0 Å². The second kappa shape index (κ2) is 6.57. The van der Waals surface area contributed by atoms with Crippen LogP contribution in [0.4, 0.5) is 0 Å². The fraction of sp³-hybridized carbons (Fsp3) is 0.533. The van der Waals surface area contributed by atoms with Gasteiger partial charge < -0.3 is 15.2 Å². The van der Waals surface area contributed by atoms with Crippen LogP contribution in [-0.2, 0) is 17.6 Å². The van der Waals surface area contributed by atoms with Crippen molar-refractivity contribution < 1.29 is 14.6 Å². The van der Waals surface area contributed by atoms with Crippen molar-refractivity contribution in [3.8, 4) is 5.75 Å². The van der Waals surface area contributed by atoms with Crippen LogP contribution in [0.2, 0.25) is 0 Å². The summed E-state index contributed by atoms with van der Waals surface area (Å²) in [5, 5.41) is 12.2. The number of hydrogen-bond donors (Lipinski definition) is 2. The lowest BCUT2D eigenvalue weighted by atomic mass is 9.91. The molecular weight excluding hydrogens is 242 g/mol. The first kappa shape index (κ1) is 13.9. The molecule has 19 heavy (non-hydrogen) atoms. The number of carboxylic acid groups (broad SMARTS) is 1. The fourth-order valence-corrected chi connectivity index (χ4v) is 2.52. The maximum absolute atomic E-state index is 11.2. The van der Waals surface area contributed by atoms with E-state index in [4.69, 9.17) is 4.74 Å². The minimum atomic E-state index is -0.899. The maximum Gasteiger partial charge on any atom is 0.344 e. The zero-order chi connectivity index (χ0) is 13.7. The topological polar surface area (TPSA) is 58.6 Å². The Balaban J connectivity index is 2.14. The SMILES string of the molecule is CNCCC(Oc1cccc2c1CCCC2)C(=O)O. The molecule has 0 aromatic heterocycles. The molecule has 1 atom stereocenters. The van der Waals surface area contributed by atoms with Crippen LogP contribution < -0.4 is 10.1 Å². The number of fused-ring (bicyclic) bond motifs is 1. The number of carbonyl (C=O) groups is 1. The molecular formula is C15H21NO3. The molecule has 1 aromatic carbocycles. The minimum Gasteiger partial charge on any atom is -0.479 e. The maximum atomic E-state index is 11.2. The molecule has 0 amide bonds. The molecule has 0 bridgehead atoms. The van der Waals surface area contributed by atoms with Gasteiger partial charge in [-0.1, -0.05) is 12.1 Å². The van der Waals surface area contributed by atoms with E-state index in [9.17, 15) is 9.90 Å². The van der Waals surface area contributed by atoms with Crippen molar-refractivity contribution >= 4 is 5.97 Å². The van der Waals surface area contributed by atoms with Gasteiger partial charge in [-0.05, 0) is 56.5 Å². The Bertz CT molecular complexity index is 445. The first-order valence-corrected chi connectivity index (χ1v) is 6.87. The number of rotatable bonds is 6. The number of benzene rings is 1. The summed E-state index contributed by atoms with van der Waals surface area (Å²) >= 11 is 0. The lowest BCUT2D eigenvalue weighted by Gasteiger charge is -2.22. The van der Waals surface area contributed by atoms with Gasteiger partial charge in [0.05, 0.1) is 0 Å². The lowest BCUT2D eigenvalue weighted by molar-refractivity contribution is -0.145. The van der Waals surface area contributed by atoms with Gasteiger partial charge in [0.1, 0.15) is 5.75 Å². The Morgan fingerprint density at radius 1 is 1.42 bits per heavy atom. The van der Waals surface area contributed by atoms with Crippen molar-refractivity contribution in [2.24, 2.45) is 0 Å². The normalized spacial score (nSPS) is 15.6. The highest BCUT2D eigenvalue weighted by Crippen LogP contribution is 2.30. The molecule has 0 radical (unpaired) electrons. The summed E-state index contributed by atoms with van der Waals surface area (Å²) in [7, 11) is 1.81. The molecule has 0 heterocycles. The summed E-state index contributed by atoms with van der Waals surface area (Å²) < 4.78 is 5.74. The minimum absolute atomic E-state index is 0.468.